The molecule has 2 aromatic heterocycles. The van der Waals surface area contributed by atoms with E-state index >= 15 is 0 Å². The van der Waals surface area contributed by atoms with Crippen molar-refractivity contribution in [3.63, 3.8) is 0 Å². The Balaban J connectivity index is 1.47. The van der Waals surface area contributed by atoms with E-state index in [4.69, 9.17) is 14.5 Å². The lowest BCUT2D eigenvalue weighted by molar-refractivity contribution is -0.00511. The average Bonchev–Trinajstić information content (AvgIpc) is 2.95. The summed E-state index contributed by atoms with van der Waals surface area (Å²) in [5.41, 5.74) is 1.91. The lowest BCUT2D eigenvalue weighted by Crippen LogP contribution is -2.45. The van der Waals surface area contributed by atoms with Gasteiger partial charge in [0.05, 0.1) is 25.0 Å². The van der Waals surface area contributed by atoms with Crippen LogP contribution in [0.5, 0.6) is 0 Å². The molecule has 0 amide bonds. The number of anilines is 1. The predicted octanol–water partition coefficient (Wildman–Crippen LogP) is 1.47. The van der Waals surface area contributed by atoms with E-state index in [9.17, 15) is 0 Å². The molecule has 138 valence electrons. The Hall–Kier alpha value is -2.09. The zero-order valence-electron chi connectivity index (χ0n) is 15.0. The summed E-state index contributed by atoms with van der Waals surface area (Å²) >= 11 is 0. The van der Waals surface area contributed by atoms with Crippen molar-refractivity contribution in [2.24, 2.45) is 0 Å². The van der Waals surface area contributed by atoms with Crippen molar-refractivity contribution in [3.05, 3.63) is 36.8 Å². The first-order chi connectivity index (χ1) is 12.9. The van der Waals surface area contributed by atoms with Crippen LogP contribution in [0, 0.1) is 0 Å². The molecule has 7 nitrogen and oxygen atoms in total. The van der Waals surface area contributed by atoms with Gasteiger partial charge in [-0.1, -0.05) is 0 Å². The molecule has 7 heteroatoms. The predicted molar refractivity (Wildman–Crippen MR) is 99.1 cm³/mol. The highest BCUT2D eigenvalue weighted by Crippen LogP contribution is 2.19. The molecule has 0 bridgehead atoms. The molecule has 2 aromatic rings. The Kier molecular flexibility index (Phi) is 5.68. The summed E-state index contributed by atoms with van der Waals surface area (Å²) in [5.74, 6) is 0.767. The second kappa shape index (κ2) is 8.53. The number of aromatic nitrogens is 3. The van der Waals surface area contributed by atoms with E-state index in [-0.39, 0.29) is 6.10 Å². The maximum Gasteiger partial charge on any atom is 0.225 e. The van der Waals surface area contributed by atoms with E-state index in [0.29, 0.717) is 0 Å². The Bertz CT molecular complexity index is 693. The second-order valence-electron chi connectivity index (χ2n) is 6.69. The van der Waals surface area contributed by atoms with Gasteiger partial charge < -0.3 is 14.4 Å². The first-order valence-electron chi connectivity index (χ1n) is 9.28. The number of hydrogen-bond donors (Lipinski definition) is 0. The van der Waals surface area contributed by atoms with Gasteiger partial charge in [0.15, 0.2) is 0 Å². The van der Waals surface area contributed by atoms with Gasteiger partial charge in [0, 0.05) is 63.5 Å². The van der Waals surface area contributed by atoms with Crippen molar-refractivity contribution in [3.8, 4) is 11.3 Å². The molecular formula is C19H25N5O2. The highest BCUT2D eigenvalue weighted by molar-refractivity contribution is 5.58. The highest BCUT2D eigenvalue weighted by Gasteiger charge is 2.24. The van der Waals surface area contributed by atoms with Gasteiger partial charge >= 0.3 is 0 Å². The molecule has 26 heavy (non-hydrogen) atoms. The number of hydrogen-bond acceptors (Lipinski definition) is 7. The van der Waals surface area contributed by atoms with Crippen molar-refractivity contribution >= 4 is 5.95 Å². The lowest BCUT2D eigenvalue weighted by atomic mass is 10.2. The molecule has 2 fully saturated rings. The molecule has 2 saturated heterocycles. The lowest BCUT2D eigenvalue weighted by Gasteiger charge is -2.31. The van der Waals surface area contributed by atoms with Crippen LogP contribution < -0.4 is 4.90 Å². The number of morpholine rings is 1. The minimum atomic E-state index is 0.168. The fraction of sp³-hybridized carbons (Fsp3) is 0.526. The first kappa shape index (κ1) is 17.3. The van der Waals surface area contributed by atoms with Crippen molar-refractivity contribution < 1.29 is 9.47 Å². The molecule has 0 spiro atoms. The third-order valence-corrected chi connectivity index (χ3v) is 4.80. The van der Waals surface area contributed by atoms with Gasteiger partial charge in [0.2, 0.25) is 5.95 Å². The average molecular weight is 355 g/mol. The van der Waals surface area contributed by atoms with E-state index in [1.165, 1.54) is 0 Å². The van der Waals surface area contributed by atoms with Crippen molar-refractivity contribution in [2.45, 2.75) is 12.5 Å². The standard InChI is InChI=1S/C19H25N5O2/c1-3-16(13-20-5-1)18-4-6-21-19(22-18)24-7-2-10-26-17(15-24)14-23-8-11-25-12-9-23/h1,3-6,13,17H,2,7-12,14-15H2/t17-/m1/s1. The van der Waals surface area contributed by atoms with Crippen LogP contribution in [0.25, 0.3) is 11.3 Å². The molecule has 0 aromatic carbocycles. The van der Waals surface area contributed by atoms with Gasteiger partial charge in [-0.2, -0.15) is 0 Å². The normalized spacial score (nSPS) is 22.2. The summed E-state index contributed by atoms with van der Waals surface area (Å²) in [4.78, 5) is 18.1. The summed E-state index contributed by atoms with van der Waals surface area (Å²) in [7, 11) is 0. The highest BCUT2D eigenvalue weighted by atomic mass is 16.5. The van der Waals surface area contributed by atoms with Gasteiger partial charge in [0.1, 0.15) is 0 Å². The monoisotopic (exact) mass is 355 g/mol. The maximum atomic E-state index is 6.08. The molecule has 0 saturated carbocycles. The minimum absolute atomic E-state index is 0.168. The molecule has 0 unspecified atom stereocenters. The number of rotatable bonds is 4. The third kappa shape index (κ3) is 4.35. The Morgan fingerprint density at radius 2 is 2.00 bits per heavy atom. The van der Waals surface area contributed by atoms with Crippen molar-refractivity contribution in [2.75, 3.05) is 57.4 Å². The Morgan fingerprint density at radius 1 is 1.08 bits per heavy atom. The number of nitrogens with zero attached hydrogens (tertiary/aromatic N) is 5. The SMILES string of the molecule is c1cncc(-c2ccnc(N3CCCO[C@H](CN4CCOCC4)C3)n2)c1. The van der Waals surface area contributed by atoms with E-state index < -0.39 is 0 Å². The number of pyridine rings is 1. The smallest absolute Gasteiger partial charge is 0.225 e. The van der Waals surface area contributed by atoms with Crippen molar-refractivity contribution in [1.82, 2.24) is 19.9 Å². The second-order valence-corrected chi connectivity index (χ2v) is 6.69. The zero-order valence-corrected chi connectivity index (χ0v) is 15.0. The Morgan fingerprint density at radius 3 is 2.85 bits per heavy atom. The van der Waals surface area contributed by atoms with Crippen LogP contribution in [0.1, 0.15) is 6.42 Å². The third-order valence-electron chi connectivity index (χ3n) is 4.80. The summed E-state index contributed by atoms with van der Waals surface area (Å²) in [6, 6.07) is 5.88. The largest absolute Gasteiger partial charge is 0.379 e. The van der Waals surface area contributed by atoms with Crippen LogP contribution >= 0.6 is 0 Å². The van der Waals surface area contributed by atoms with Gasteiger partial charge in [-0.05, 0) is 24.6 Å². The quantitative estimate of drug-likeness (QED) is 0.823. The van der Waals surface area contributed by atoms with Crippen LogP contribution in [0.4, 0.5) is 5.95 Å². The molecule has 0 aliphatic carbocycles. The summed E-state index contributed by atoms with van der Waals surface area (Å²) in [6.07, 6.45) is 6.58. The van der Waals surface area contributed by atoms with Gasteiger partial charge in [-0.25, -0.2) is 9.97 Å². The summed E-state index contributed by atoms with van der Waals surface area (Å²) < 4.78 is 11.5. The van der Waals surface area contributed by atoms with Crippen LogP contribution in [-0.2, 0) is 9.47 Å². The van der Waals surface area contributed by atoms with Crippen LogP contribution in [0.3, 0.4) is 0 Å². The van der Waals surface area contributed by atoms with Gasteiger partial charge in [0.25, 0.3) is 0 Å². The number of ether oxygens (including phenoxy) is 2. The van der Waals surface area contributed by atoms with Gasteiger partial charge in [-0.3, -0.25) is 9.88 Å². The molecule has 4 rings (SSSR count). The summed E-state index contributed by atoms with van der Waals surface area (Å²) in [6.45, 7) is 7.03. The van der Waals surface area contributed by atoms with Crippen molar-refractivity contribution in [1.29, 1.82) is 0 Å². The zero-order chi connectivity index (χ0) is 17.6. The van der Waals surface area contributed by atoms with Crippen LogP contribution in [0.2, 0.25) is 0 Å². The molecule has 0 N–H and O–H groups in total. The van der Waals surface area contributed by atoms with E-state index in [1.807, 2.05) is 30.6 Å². The fourth-order valence-electron chi connectivity index (χ4n) is 3.43. The fourth-order valence-corrected chi connectivity index (χ4v) is 3.43. The molecular weight excluding hydrogens is 330 g/mol. The Labute approximate surface area is 154 Å². The van der Waals surface area contributed by atoms with E-state index in [1.54, 1.807) is 6.20 Å². The molecule has 4 heterocycles. The molecule has 1 atom stereocenters. The molecule has 2 aliphatic rings. The van der Waals surface area contributed by atoms with E-state index in [0.717, 1.165) is 76.2 Å². The topological polar surface area (TPSA) is 63.6 Å². The maximum absolute atomic E-state index is 6.08. The van der Waals surface area contributed by atoms with Gasteiger partial charge in [-0.15, -0.1) is 0 Å². The molecule has 0 radical (unpaired) electrons. The minimum Gasteiger partial charge on any atom is -0.379 e. The molecule has 2 aliphatic heterocycles. The van der Waals surface area contributed by atoms with Crippen LogP contribution in [0.15, 0.2) is 36.8 Å². The summed E-state index contributed by atoms with van der Waals surface area (Å²) in [5, 5.41) is 0. The first-order valence-corrected chi connectivity index (χ1v) is 9.28. The van der Waals surface area contributed by atoms with E-state index in [2.05, 4.69) is 19.8 Å². The van der Waals surface area contributed by atoms with Crippen LogP contribution in [-0.4, -0.2) is 78.5 Å².